The first-order chi connectivity index (χ1) is 7.50. The molecule has 2 aromatic rings. The number of nitrogens with one attached hydrogen (secondary N) is 1. The van der Waals surface area contributed by atoms with Crippen LogP contribution in [0.4, 0.5) is 13.2 Å². The number of rotatable bonds is 1. The molecule has 0 amide bonds. The van der Waals surface area contributed by atoms with Crippen LogP contribution < -0.4 is 0 Å². The van der Waals surface area contributed by atoms with Gasteiger partial charge in [-0.05, 0) is 18.6 Å². The van der Waals surface area contributed by atoms with Gasteiger partial charge in [0.1, 0.15) is 5.69 Å². The highest BCUT2D eigenvalue weighted by Gasteiger charge is 2.36. The number of aromatic nitrogens is 3. The monoisotopic (exact) mass is 227 g/mol. The van der Waals surface area contributed by atoms with Crippen molar-refractivity contribution in [1.29, 1.82) is 0 Å². The Balaban J connectivity index is 2.58. The summed E-state index contributed by atoms with van der Waals surface area (Å²) in [7, 11) is 0. The van der Waals surface area contributed by atoms with Crippen LogP contribution in [0, 0.1) is 6.92 Å². The second-order valence-electron chi connectivity index (χ2n) is 3.33. The fourth-order valence-electron chi connectivity index (χ4n) is 1.45. The fourth-order valence-corrected chi connectivity index (χ4v) is 1.45. The average molecular weight is 227 g/mol. The van der Waals surface area contributed by atoms with Crippen molar-refractivity contribution in [1.82, 2.24) is 15.2 Å². The van der Waals surface area contributed by atoms with Crippen molar-refractivity contribution in [2.24, 2.45) is 0 Å². The van der Waals surface area contributed by atoms with Crippen LogP contribution >= 0.6 is 0 Å². The summed E-state index contributed by atoms with van der Waals surface area (Å²) in [6, 6.07) is 3.38. The van der Waals surface area contributed by atoms with Crippen LogP contribution in [0.5, 0.6) is 0 Å². The molecule has 2 heterocycles. The molecule has 0 atom stereocenters. The average Bonchev–Trinajstić information content (AvgIpc) is 2.66. The predicted octanol–water partition coefficient (Wildman–Crippen LogP) is 2.80. The predicted molar refractivity (Wildman–Crippen MR) is 51.6 cm³/mol. The number of nitrogens with zero attached hydrogens (tertiary/aromatic N) is 2. The van der Waals surface area contributed by atoms with E-state index in [-0.39, 0.29) is 5.56 Å². The molecular formula is C10H8F3N3. The number of halogens is 3. The molecule has 0 bridgehead atoms. The SMILES string of the molecule is Cc1cccnc1-c1cn[nH]c1C(F)(F)F. The van der Waals surface area contributed by atoms with Gasteiger partial charge in [0.05, 0.1) is 17.5 Å². The van der Waals surface area contributed by atoms with Crippen molar-refractivity contribution in [2.75, 3.05) is 0 Å². The first-order valence-corrected chi connectivity index (χ1v) is 4.52. The molecule has 0 aromatic carbocycles. The number of aryl methyl sites for hydroxylation is 1. The third-order valence-corrected chi connectivity index (χ3v) is 2.19. The van der Waals surface area contributed by atoms with E-state index in [1.165, 1.54) is 6.20 Å². The molecule has 0 fully saturated rings. The molecule has 16 heavy (non-hydrogen) atoms. The van der Waals surface area contributed by atoms with E-state index in [4.69, 9.17) is 0 Å². The lowest BCUT2D eigenvalue weighted by Gasteiger charge is -2.07. The van der Waals surface area contributed by atoms with Crippen LogP contribution in [0.2, 0.25) is 0 Å². The van der Waals surface area contributed by atoms with Crippen molar-refractivity contribution in [2.45, 2.75) is 13.1 Å². The topological polar surface area (TPSA) is 41.6 Å². The molecule has 0 saturated carbocycles. The molecular weight excluding hydrogens is 219 g/mol. The van der Waals surface area contributed by atoms with E-state index in [1.807, 2.05) is 5.10 Å². The third kappa shape index (κ3) is 1.78. The Labute approximate surface area is 89.3 Å². The lowest BCUT2D eigenvalue weighted by molar-refractivity contribution is -0.140. The van der Waals surface area contributed by atoms with Crippen molar-refractivity contribution in [3.63, 3.8) is 0 Å². The molecule has 0 aliphatic rings. The van der Waals surface area contributed by atoms with Crippen molar-refractivity contribution < 1.29 is 13.2 Å². The number of H-pyrrole nitrogens is 1. The molecule has 6 heteroatoms. The van der Waals surface area contributed by atoms with E-state index in [1.54, 1.807) is 19.1 Å². The molecule has 0 unspecified atom stereocenters. The second-order valence-corrected chi connectivity index (χ2v) is 3.33. The van der Waals surface area contributed by atoms with E-state index >= 15 is 0 Å². The van der Waals surface area contributed by atoms with Gasteiger partial charge in [-0.1, -0.05) is 6.07 Å². The summed E-state index contributed by atoms with van der Waals surface area (Å²) in [5.41, 5.74) is 0.0814. The minimum atomic E-state index is -4.45. The first kappa shape index (κ1) is 10.7. The van der Waals surface area contributed by atoms with E-state index in [0.717, 1.165) is 6.20 Å². The van der Waals surface area contributed by atoms with E-state index in [0.29, 0.717) is 11.3 Å². The lowest BCUT2D eigenvalue weighted by atomic mass is 10.1. The summed E-state index contributed by atoms with van der Waals surface area (Å²) in [6.45, 7) is 1.70. The number of pyridine rings is 1. The van der Waals surface area contributed by atoms with Gasteiger partial charge in [-0.25, -0.2) is 0 Å². The van der Waals surface area contributed by atoms with Crippen LogP contribution in [0.3, 0.4) is 0 Å². The maximum absolute atomic E-state index is 12.6. The minimum Gasteiger partial charge on any atom is -0.273 e. The smallest absolute Gasteiger partial charge is 0.273 e. The van der Waals surface area contributed by atoms with Crippen molar-refractivity contribution >= 4 is 0 Å². The largest absolute Gasteiger partial charge is 0.433 e. The lowest BCUT2D eigenvalue weighted by Crippen LogP contribution is -2.07. The standard InChI is InChI=1S/C10H8F3N3/c1-6-3-2-4-14-8(6)7-5-15-16-9(7)10(11,12)13/h2-5H,1H3,(H,15,16). The van der Waals surface area contributed by atoms with Crippen molar-refractivity contribution in [3.8, 4) is 11.3 Å². The highest BCUT2D eigenvalue weighted by Crippen LogP contribution is 2.35. The van der Waals surface area contributed by atoms with Gasteiger partial charge in [-0.3, -0.25) is 10.1 Å². The Kier molecular flexibility index (Phi) is 2.41. The summed E-state index contributed by atoms with van der Waals surface area (Å²) >= 11 is 0. The molecule has 0 aliphatic heterocycles. The van der Waals surface area contributed by atoms with Gasteiger partial charge in [-0.15, -0.1) is 0 Å². The Bertz CT molecular complexity index is 502. The number of aromatic amines is 1. The zero-order valence-electron chi connectivity index (χ0n) is 8.34. The summed E-state index contributed by atoms with van der Waals surface area (Å²) < 4.78 is 37.8. The fraction of sp³-hybridized carbons (Fsp3) is 0.200. The Morgan fingerprint density at radius 2 is 2.06 bits per heavy atom. The Hall–Kier alpha value is -1.85. The molecule has 2 rings (SSSR count). The van der Waals surface area contributed by atoms with E-state index in [2.05, 4.69) is 10.1 Å². The minimum absolute atomic E-state index is 0.0226. The van der Waals surface area contributed by atoms with Crippen LogP contribution in [0.1, 0.15) is 11.3 Å². The summed E-state index contributed by atoms with van der Waals surface area (Å²) in [6.07, 6.45) is -1.86. The van der Waals surface area contributed by atoms with Crippen molar-refractivity contribution in [3.05, 3.63) is 35.8 Å². The highest BCUT2D eigenvalue weighted by atomic mass is 19.4. The molecule has 3 nitrogen and oxygen atoms in total. The maximum atomic E-state index is 12.6. The van der Waals surface area contributed by atoms with Crippen LogP contribution in [-0.2, 0) is 6.18 Å². The van der Waals surface area contributed by atoms with Gasteiger partial charge in [-0.2, -0.15) is 18.3 Å². The summed E-state index contributed by atoms with van der Waals surface area (Å²) in [5.74, 6) is 0. The maximum Gasteiger partial charge on any atom is 0.433 e. The van der Waals surface area contributed by atoms with E-state index < -0.39 is 11.9 Å². The molecule has 1 N–H and O–H groups in total. The molecule has 0 spiro atoms. The van der Waals surface area contributed by atoms with Gasteiger partial charge >= 0.3 is 6.18 Å². The molecule has 0 radical (unpaired) electrons. The normalized spacial score (nSPS) is 11.8. The van der Waals surface area contributed by atoms with Crippen LogP contribution in [0.25, 0.3) is 11.3 Å². The summed E-state index contributed by atoms with van der Waals surface area (Å²) in [5, 5.41) is 5.38. The number of hydrogen-bond acceptors (Lipinski definition) is 2. The number of alkyl halides is 3. The molecule has 2 aromatic heterocycles. The quantitative estimate of drug-likeness (QED) is 0.813. The first-order valence-electron chi connectivity index (χ1n) is 4.52. The van der Waals surface area contributed by atoms with Gasteiger partial charge in [0.25, 0.3) is 0 Å². The van der Waals surface area contributed by atoms with Gasteiger partial charge in [0.2, 0.25) is 0 Å². The zero-order chi connectivity index (χ0) is 11.8. The van der Waals surface area contributed by atoms with Gasteiger partial charge in [0, 0.05) is 6.20 Å². The van der Waals surface area contributed by atoms with E-state index in [9.17, 15) is 13.2 Å². The second kappa shape index (κ2) is 3.62. The number of hydrogen-bond donors (Lipinski definition) is 1. The van der Waals surface area contributed by atoms with Crippen LogP contribution in [0.15, 0.2) is 24.5 Å². The molecule has 0 aliphatic carbocycles. The Morgan fingerprint density at radius 3 is 2.69 bits per heavy atom. The zero-order valence-corrected chi connectivity index (χ0v) is 8.34. The highest BCUT2D eigenvalue weighted by molar-refractivity contribution is 5.64. The summed E-state index contributed by atoms with van der Waals surface area (Å²) in [4.78, 5) is 3.93. The van der Waals surface area contributed by atoms with Gasteiger partial charge < -0.3 is 0 Å². The van der Waals surface area contributed by atoms with Gasteiger partial charge in [0.15, 0.2) is 0 Å². The molecule has 84 valence electrons. The third-order valence-electron chi connectivity index (χ3n) is 2.19. The van der Waals surface area contributed by atoms with Crippen LogP contribution in [-0.4, -0.2) is 15.2 Å². The molecule has 0 saturated heterocycles. The Morgan fingerprint density at radius 1 is 1.31 bits per heavy atom.